The fraction of sp³-hybridized carbons (Fsp3) is 0.375. The summed E-state index contributed by atoms with van der Waals surface area (Å²) in [6, 6.07) is 2.15. The first-order valence-corrected chi connectivity index (χ1v) is 10.4. The number of carbonyl (C=O) groups excluding carboxylic acids is 1. The van der Waals surface area contributed by atoms with Crippen LogP contribution in [-0.2, 0) is 14.8 Å². The fourth-order valence-corrected chi connectivity index (χ4v) is 4.37. The zero-order chi connectivity index (χ0) is 18.0. The van der Waals surface area contributed by atoms with E-state index in [9.17, 15) is 13.2 Å². The number of hydrogen-bond donors (Lipinski definition) is 1. The number of amides is 1. The quantitative estimate of drug-likeness (QED) is 0.823. The van der Waals surface area contributed by atoms with Crippen molar-refractivity contribution in [3.05, 3.63) is 46.3 Å². The normalized spacial score (nSPS) is 19.9. The second-order valence-electron chi connectivity index (χ2n) is 6.09. The van der Waals surface area contributed by atoms with Crippen LogP contribution in [0.5, 0.6) is 0 Å². The van der Waals surface area contributed by atoms with E-state index in [-0.39, 0.29) is 17.7 Å². The van der Waals surface area contributed by atoms with Gasteiger partial charge in [0.1, 0.15) is 5.84 Å². The van der Waals surface area contributed by atoms with Gasteiger partial charge in [-0.05, 0) is 48.6 Å². The highest BCUT2D eigenvalue weighted by Crippen LogP contribution is 2.20. The molecule has 0 aromatic carbocycles. The third-order valence-corrected chi connectivity index (χ3v) is 5.96. The van der Waals surface area contributed by atoms with Crippen molar-refractivity contribution >= 4 is 33.1 Å². The summed E-state index contributed by atoms with van der Waals surface area (Å²) >= 11 is 1.63. The smallest absolute Gasteiger partial charge is 0.256 e. The van der Waals surface area contributed by atoms with Gasteiger partial charge in [-0.3, -0.25) is 4.79 Å². The molecule has 3 heterocycles. The number of nitrogens with zero attached hydrogens (tertiary/aromatic N) is 3. The molecule has 1 atom stereocenters. The van der Waals surface area contributed by atoms with Crippen molar-refractivity contribution in [1.82, 2.24) is 15.1 Å². The molecule has 0 spiro atoms. The Bertz CT molecular complexity index is 839. The number of amidine groups is 1. The summed E-state index contributed by atoms with van der Waals surface area (Å²) in [5.74, 6) is 0.120. The van der Waals surface area contributed by atoms with E-state index >= 15 is 0 Å². The minimum absolute atomic E-state index is 0.0450. The van der Waals surface area contributed by atoms with E-state index in [0.717, 1.165) is 0 Å². The van der Waals surface area contributed by atoms with E-state index in [1.165, 1.54) is 5.56 Å². The van der Waals surface area contributed by atoms with Crippen molar-refractivity contribution in [3.8, 4) is 0 Å². The molecule has 0 fully saturated rings. The van der Waals surface area contributed by atoms with Gasteiger partial charge in [0.25, 0.3) is 15.9 Å². The van der Waals surface area contributed by atoms with Gasteiger partial charge in [0.15, 0.2) is 0 Å². The minimum Gasteiger partial charge on any atom is -0.350 e. The number of likely N-dealkylation sites (N-methyl/N-ethyl adjacent to an activating group) is 1. The van der Waals surface area contributed by atoms with Crippen LogP contribution in [0.2, 0.25) is 0 Å². The summed E-state index contributed by atoms with van der Waals surface area (Å²) in [5.41, 5.74) is 1.65. The third kappa shape index (κ3) is 4.17. The number of rotatable bonds is 5. The Hall–Kier alpha value is -1.97. The zero-order valence-corrected chi connectivity index (χ0v) is 15.7. The van der Waals surface area contributed by atoms with Gasteiger partial charge in [-0.15, -0.1) is 4.40 Å². The molecule has 2 aliphatic heterocycles. The predicted molar refractivity (Wildman–Crippen MR) is 98.9 cm³/mol. The molecule has 2 aliphatic rings. The van der Waals surface area contributed by atoms with Gasteiger partial charge >= 0.3 is 0 Å². The van der Waals surface area contributed by atoms with Gasteiger partial charge in [-0.2, -0.15) is 11.3 Å². The molecule has 1 unspecified atom stereocenters. The summed E-state index contributed by atoms with van der Waals surface area (Å²) in [7, 11) is 0.568. The topological polar surface area (TPSA) is 82.1 Å². The maximum absolute atomic E-state index is 12.5. The first kappa shape index (κ1) is 17.8. The van der Waals surface area contributed by atoms with Gasteiger partial charge in [0, 0.05) is 19.3 Å². The lowest BCUT2D eigenvalue weighted by atomic mass is 10.1. The molecule has 9 heteroatoms. The highest BCUT2D eigenvalue weighted by Gasteiger charge is 2.25. The van der Waals surface area contributed by atoms with Crippen molar-refractivity contribution < 1.29 is 13.2 Å². The van der Waals surface area contributed by atoms with Crippen LogP contribution in [0.25, 0.3) is 0 Å². The molecule has 1 aromatic rings. The standard InChI is InChI=1S/C16H20N4O3S2/c1-19(2)14(13-5-7-24-11-13)9-17-16(21)12-3-4-15-18-25(22,23)8-6-20(15)10-12/h3-5,7,10-11,14H,6,8-9H2,1-2H3,(H,17,21). The van der Waals surface area contributed by atoms with Crippen LogP contribution in [0.3, 0.4) is 0 Å². The lowest BCUT2D eigenvalue weighted by Crippen LogP contribution is -2.39. The number of sulfonamides is 1. The second kappa shape index (κ2) is 7.11. The van der Waals surface area contributed by atoms with Gasteiger partial charge in [-0.1, -0.05) is 0 Å². The number of nitrogens with one attached hydrogen (secondary N) is 1. The van der Waals surface area contributed by atoms with E-state index in [4.69, 9.17) is 0 Å². The molecule has 1 N–H and O–H groups in total. The van der Waals surface area contributed by atoms with E-state index < -0.39 is 10.0 Å². The highest BCUT2D eigenvalue weighted by atomic mass is 32.2. The zero-order valence-electron chi connectivity index (χ0n) is 14.0. The Labute approximate surface area is 151 Å². The molecular formula is C16H20N4O3S2. The maximum atomic E-state index is 12.5. The van der Waals surface area contributed by atoms with Crippen molar-refractivity contribution in [1.29, 1.82) is 0 Å². The van der Waals surface area contributed by atoms with Crippen LogP contribution in [-0.4, -0.2) is 62.9 Å². The SMILES string of the molecule is CN(C)C(CNC(=O)C1=CN2CCS(=O)(=O)N=C2C=C1)c1ccsc1. The Morgan fingerprint density at radius 2 is 2.24 bits per heavy atom. The minimum atomic E-state index is -3.39. The summed E-state index contributed by atoms with van der Waals surface area (Å²) in [6.45, 7) is 0.792. The van der Waals surface area contributed by atoms with E-state index in [2.05, 4.69) is 26.1 Å². The molecule has 7 nitrogen and oxygen atoms in total. The highest BCUT2D eigenvalue weighted by molar-refractivity contribution is 7.90. The van der Waals surface area contributed by atoms with Crippen LogP contribution in [0.15, 0.2) is 45.1 Å². The molecule has 1 aromatic heterocycles. The first-order valence-electron chi connectivity index (χ1n) is 7.81. The van der Waals surface area contributed by atoms with Crippen molar-refractivity contribution in [2.75, 3.05) is 32.9 Å². The number of fused-ring (bicyclic) bond motifs is 1. The van der Waals surface area contributed by atoms with Gasteiger partial charge in [0.2, 0.25) is 0 Å². The summed E-state index contributed by atoms with van der Waals surface area (Å²) in [4.78, 5) is 16.2. The summed E-state index contributed by atoms with van der Waals surface area (Å²) < 4.78 is 26.8. The van der Waals surface area contributed by atoms with Crippen LogP contribution < -0.4 is 5.32 Å². The third-order valence-electron chi connectivity index (χ3n) is 4.09. The maximum Gasteiger partial charge on any atom is 0.256 e. The molecular weight excluding hydrogens is 360 g/mol. The van der Waals surface area contributed by atoms with E-state index in [1.54, 1.807) is 34.6 Å². The molecule has 0 radical (unpaired) electrons. The average molecular weight is 380 g/mol. The van der Waals surface area contributed by atoms with Crippen LogP contribution in [0.4, 0.5) is 0 Å². The van der Waals surface area contributed by atoms with Crippen molar-refractivity contribution in [2.24, 2.45) is 4.40 Å². The molecule has 0 saturated heterocycles. The van der Waals surface area contributed by atoms with Gasteiger partial charge < -0.3 is 15.1 Å². The average Bonchev–Trinajstić information content (AvgIpc) is 3.07. The van der Waals surface area contributed by atoms with Crippen LogP contribution >= 0.6 is 11.3 Å². The lowest BCUT2D eigenvalue weighted by Gasteiger charge is -2.27. The molecule has 1 amide bonds. The first-order chi connectivity index (χ1) is 11.9. The van der Waals surface area contributed by atoms with E-state index in [1.807, 2.05) is 19.5 Å². The summed E-state index contributed by atoms with van der Waals surface area (Å²) in [6.07, 6.45) is 4.81. The Morgan fingerprint density at radius 3 is 2.92 bits per heavy atom. The Morgan fingerprint density at radius 1 is 1.44 bits per heavy atom. The predicted octanol–water partition coefficient (Wildman–Crippen LogP) is 0.965. The molecule has 3 rings (SSSR count). The largest absolute Gasteiger partial charge is 0.350 e. The molecule has 25 heavy (non-hydrogen) atoms. The number of thiophene rings is 1. The number of carbonyl (C=O) groups is 1. The van der Waals surface area contributed by atoms with Crippen LogP contribution in [0, 0.1) is 0 Å². The molecule has 0 aliphatic carbocycles. The fourth-order valence-electron chi connectivity index (χ4n) is 2.69. The van der Waals surface area contributed by atoms with Gasteiger partial charge in [-0.25, -0.2) is 8.42 Å². The van der Waals surface area contributed by atoms with Gasteiger partial charge in [0.05, 0.1) is 17.4 Å². The Balaban J connectivity index is 1.66. The molecule has 0 bridgehead atoms. The monoisotopic (exact) mass is 380 g/mol. The van der Waals surface area contributed by atoms with E-state index in [0.29, 0.717) is 24.5 Å². The lowest BCUT2D eigenvalue weighted by molar-refractivity contribution is -0.117. The summed E-state index contributed by atoms with van der Waals surface area (Å²) in [5, 5.41) is 7.05. The molecule has 0 saturated carbocycles. The number of hydrogen-bond acceptors (Lipinski definition) is 6. The van der Waals surface area contributed by atoms with Crippen molar-refractivity contribution in [2.45, 2.75) is 6.04 Å². The molecule has 134 valence electrons. The van der Waals surface area contributed by atoms with Crippen LogP contribution in [0.1, 0.15) is 11.6 Å². The Kier molecular flexibility index (Phi) is 5.07. The van der Waals surface area contributed by atoms with Crippen molar-refractivity contribution in [3.63, 3.8) is 0 Å². The second-order valence-corrected chi connectivity index (χ2v) is 8.63.